The molecule has 0 aromatic heterocycles. The van der Waals surface area contributed by atoms with Gasteiger partial charge >= 0.3 is 0 Å². The Morgan fingerprint density at radius 3 is 2.72 bits per heavy atom. The Hall–Kier alpha value is -0.640. The van der Waals surface area contributed by atoms with Crippen LogP contribution in [0.1, 0.15) is 39.0 Å². The molecule has 1 N–H and O–H groups in total. The average molecular weight is 271 g/mol. The van der Waals surface area contributed by atoms with Crippen LogP contribution in [-0.4, -0.2) is 43.1 Å². The predicted octanol–water partition coefficient (Wildman–Crippen LogP) is 0.835. The van der Waals surface area contributed by atoms with Gasteiger partial charge in [-0.1, -0.05) is 6.42 Å². The van der Waals surface area contributed by atoms with Gasteiger partial charge in [0.2, 0.25) is 10.0 Å². The van der Waals surface area contributed by atoms with Crippen molar-refractivity contribution in [3.05, 3.63) is 0 Å². The molecule has 2 aliphatic rings. The zero-order valence-corrected chi connectivity index (χ0v) is 11.6. The van der Waals surface area contributed by atoms with Gasteiger partial charge in [-0.3, -0.25) is 0 Å². The van der Waals surface area contributed by atoms with E-state index in [9.17, 15) is 8.42 Å². The number of hydrogen-bond acceptors (Lipinski definition) is 4. The fraction of sp³-hybridized carbons (Fsp3) is 0.917. The molecule has 18 heavy (non-hydrogen) atoms. The molecule has 0 aliphatic carbocycles. The fourth-order valence-corrected chi connectivity index (χ4v) is 4.51. The summed E-state index contributed by atoms with van der Waals surface area (Å²) >= 11 is 0. The van der Waals surface area contributed by atoms with Crippen LogP contribution in [0, 0.1) is 11.3 Å². The number of piperidine rings is 1. The van der Waals surface area contributed by atoms with E-state index in [1.165, 1.54) is 6.92 Å². The average Bonchev–Trinajstić information content (AvgIpc) is 2.91. The summed E-state index contributed by atoms with van der Waals surface area (Å²) in [6.45, 7) is 3.02. The van der Waals surface area contributed by atoms with Crippen molar-refractivity contribution >= 4 is 10.0 Å². The fourth-order valence-electron chi connectivity index (χ4n) is 2.96. The summed E-state index contributed by atoms with van der Waals surface area (Å²) in [6.07, 6.45) is 5.05. The Kier molecular flexibility index (Phi) is 4.25. The number of rotatable bonds is 3. The molecule has 2 saturated heterocycles. The minimum absolute atomic E-state index is 0.0436. The molecule has 0 spiro atoms. The molecule has 0 radical (unpaired) electrons. The number of nitriles is 1. The highest BCUT2D eigenvalue weighted by atomic mass is 32.2. The summed E-state index contributed by atoms with van der Waals surface area (Å²) in [5, 5.41) is 11.3. The third-order valence-electron chi connectivity index (χ3n) is 4.02. The highest BCUT2D eigenvalue weighted by Crippen LogP contribution is 2.28. The molecule has 2 rings (SSSR count). The summed E-state index contributed by atoms with van der Waals surface area (Å²) in [5.74, 6) is 0. The topological polar surface area (TPSA) is 73.2 Å². The minimum Gasteiger partial charge on any atom is -0.312 e. The standard InChI is InChI=1S/C12H21N3O2S/c1-10(9-13)18(16,17)15-8-3-2-6-12(15)11-5-4-7-14-11/h10-12,14H,2-8H2,1H3. The van der Waals surface area contributed by atoms with Crippen molar-refractivity contribution < 1.29 is 8.42 Å². The molecule has 0 aromatic rings. The Balaban J connectivity index is 2.20. The first kappa shape index (κ1) is 13.8. The third-order valence-corrected chi connectivity index (χ3v) is 6.12. The highest BCUT2D eigenvalue weighted by molar-refractivity contribution is 7.90. The molecule has 2 heterocycles. The van der Waals surface area contributed by atoms with Crippen LogP contribution in [0.25, 0.3) is 0 Å². The van der Waals surface area contributed by atoms with E-state index in [4.69, 9.17) is 5.26 Å². The van der Waals surface area contributed by atoms with Crippen molar-refractivity contribution in [3.8, 4) is 6.07 Å². The minimum atomic E-state index is -3.47. The third kappa shape index (κ3) is 2.53. The summed E-state index contributed by atoms with van der Waals surface area (Å²) in [6, 6.07) is 2.18. The van der Waals surface area contributed by atoms with E-state index in [1.54, 1.807) is 4.31 Å². The molecule has 2 fully saturated rings. The van der Waals surface area contributed by atoms with Gasteiger partial charge in [0.05, 0.1) is 6.07 Å². The second-order valence-corrected chi connectivity index (χ2v) is 7.40. The summed E-state index contributed by atoms with van der Waals surface area (Å²) < 4.78 is 26.3. The van der Waals surface area contributed by atoms with Gasteiger partial charge in [-0.15, -0.1) is 0 Å². The van der Waals surface area contributed by atoms with Gasteiger partial charge in [-0.05, 0) is 39.2 Å². The van der Waals surface area contributed by atoms with Gasteiger partial charge in [0.15, 0.2) is 5.25 Å². The van der Waals surface area contributed by atoms with Crippen molar-refractivity contribution in [2.75, 3.05) is 13.1 Å². The van der Waals surface area contributed by atoms with Gasteiger partial charge in [0.25, 0.3) is 0 Å². The molecule has 6 heteroatoms. The summed E-state index contributed by atoms with van der Waals surface area (Å²) in [5.41, 5.74) is 0. The molecule has 3 unspecified atom stereocenters. The van der Waals surface area contributed by atoms with Crippen LogP contribution >= 0.6 is 0 Å². The van der Waals surface area contributed by atoms with Crippen LogP contribution in [0.15, 0.2) is 0 Å². The summed E-state index contributed by atoms with van der Waals surface area (Å²) in [7, 11) is -3.47. The van der Waals surface area contributed by atoms with Crippen LogP contribution in [0.2, 0.25) is 0 Å². The largest absolute Gasteiger partial charge is 0.312 e. The van der Waals surface area contributed by atoms with Crippen molar-refractivity contribution in [3.63, 3.8) is 0 Å². The van der Waals surface area contributed by atoms with E-state index in [2.05, 4.69) is 5.32 Å². The SMILES string of the molecule is CC(C#N)S(=O)(=O)N1CCCCC1C1CCCN1. The molecule has 0 bridgehead atoms. The van der Waals surface area contributed by atoms with Crippen LogP contribution in [0.4, 0.5) is 0 Å². The van der Waals surface area contributed by atoms with Gasteiger partial charge in [0.1, 0.15) is 0 Å². The van der Waals surface area contributed by atoms with E-state index in [1.807, 2.05) is 6.07 Å². The first-order chi connectivity index (χ1) is 8.57. The number of sulfonamides is 1. The van der Waals surface area contributed by atoms with Crippen LogP contribution < -0.4 is 5.32 Å². The van der Waals surface area contributed by atoms with E-state index < -0.39 is 15.3 Å². The van der Waals surface area contributed by atoms with Crippen molar-refractivity contribution in [1.82, 2.24) is 9.62 Å². The smallest absolute Gasteiger partial charge is 0.230 e. The van der Waals surface area contributed by atoms with Gasteiger partial charge < -0.3 is 5.32 Å². The quantitative estimate of drug-likeness (QED) is 0.825. The van der Waals surface area contributed by atoms with Gasteiger partial charge in [-0.2, -0.15) is 9.57 Å². The maximum absolute atomic E-state index is 12.4. The molecule has 2 aliphatic heterocycles. The molecule has 102 valence electrons. The molecule has 5 nitrogen and oxygen atoms in total. The molecule has 0 aromatic carbocycles. The Labute approximate surface area is 109 Å². The lowest BCUT2D eigenvalue weighted by molar-refractivity contribution is 0.210. The second-order valence-electron chi connectivity index (χ2n) is 5.19. The number of hydrogen-bond donors (Lipinski definition) is 1. The zero-order chi connectivity index (χ0) is 13.2. The Morgan fingerprint density at radius 2 is 2.11 bits per heavy atom. The normalized spacial score (nSPS) is 32.0. The van der Waals surface area contributed by atoms with Crippen LogP contribution in [-0.2, 0) is 10.0 Å². The maximum Gasteiger partial charge on any atom is 0.230 e. The lowest BCUT2D eigenvalue weighted by Gasteiger charge is -2.38. The summed E-state index contributed by atoms with van der Waals surface area (Å²) in [4.78, 5) is 0. The van der Waals surface area contributed by atoms with Gasteiger partial charge in [0, 0.05) is 18.6 Å². The van der Waals surface area contributed by atoms with E-state index in [0.717, 1.165) is 38.6 Å². The van der Waals surface area contributed by atoms with E-state index in [0.29, 0.717) is 6.54 Å². The van der Waals surface area contributed by atoms with Crippen molar-refractivity contribution in [2.24, 2.45) is 0 Å². The predicted molar refractivity (Wildman–Crippen MR) is 69.4 cm³/mol. The van der Waals surface area contributed by atoms with E-state index in [-0.39, 0.29) is 12.1 Å². The van der Waals surface area contributed by atoms with Crippen molar-refractivity contribution in [1.29, 1.82) is 5.26 Å². The molecule has 0 saturated carbocycles. The second kappa shape index (κ2) is 5.55. The van der Waals surface area contributed by atoms with Crippen molar-refractivity contribution in [2.45, 2.75) is 56.4 Å². The lowest BCUT2D eigenvalue weighted by Crippen LogP contribution is -2.54. The van der Waals surface area contributed by atoms with Gasteiger partial charge in [-0.25, -0.2) is 8.42 Å². The molecule has 3 atom stereocenters. The maximum atomic E-state index is 12.4. The Bertz CT molecular complexity index is 423. The first-order valence-electron chi connectivity index (χ1n) is 6.71. The van der Waals surface area contributed by atoms with Crippen LogP contribution in [0.5, 0.6) is 0 Å². The highest BCUT2D eigenvalue weighted by Gasteiger charge is 2.40. The lowest BCUT2D eigenvalue weighted by atomic mass is 9.97. The number of nitrogens with one attached hydrogen (secondary N) is 1. The first-order valence-corrected chi connectivity index (χ1v) is 8.21. The van der Waals surface area contributed by atoms with Crippen LogP contribution in [0.3, 0.4) is 0 Å². The Morgan fingerprint density at radius 1 is 1.33 bits per heavy atom. The molecule has 0 amide bonds. The monoisotopic (exact) mass is 271 g/mol. The molecular formula is C12H21N3O2S. The number of nitrogens with zero attached hydrogens (tertiary/aromatic N) is 2. The molecular weight excluding hydrogens is 250 g/mol. The van der Waals surface area contributed by atoms with E-state index >= 15 is 0 Å². The zero-order valence-electron chi connectivity index (χ0n) is 10.8.